The van der Waals surface area contributed by atoms with Gasteiger partial charge in [0.05, 0.1) is 12.8 Å². The average Bonchev–Trinajstić information content (AvgIpc) is 2.61. The first kappa shape index (κ1) is 16.7. The Bertz CT molecular complexity index is 842. The summed E-state index contributed by atoms with van der Waals surface area (Å²) < 4.78 is 5.02. The highest BCUT2D eigenvalue weighted by Gasteiger charge is 2.28. The van der Waals surface area contributed by atoms with Crippen LogP contribution in [0.5, 0.6) is 6.01 Å². The van der Waals surface area contributed by atoms with E-state index in [1.807, 2.05) is 0 Å². The number of aromatic amines is 1. The Morgan fingerprint density at radius 1 is 1.56 bits per heavy atom. The van der Waals surface area contributed by atoms with Crippen molar-refractivity contribution in [1.29, 1.82) is 0 Å². The van der Waals surface area contributed by atoms with Crippen LogP contribution in [-0.2, 0) is 4.79 Å². The van der Waals surface area contributed by atoms with Gasteiger partial charge >= 0.3 is 6.01 Å². The summed E-state index contributed by atoms with van der Waals surface area (Å²) in [5, 5.41) is 3.15. The summed E-state index contributed by atoms with van der Waals surface area (Å²) in [6.07, 6.45) is 4.51. The van der Waals surface area contributed by atoms with E-state index in [4.69, 9.17) is 4.74 Å². The number of carbonyl (C=O) groups excluding carboxylic acids is 1. The third-order valence-corrected chi connectivity index (χ3v) is 4.04. The highest BCUT2D eigenvalue weighted by atomic mass is 16.5. The number of likely N-dealkylation sites (tertiary alicyclic amines) is 1. The molecule has 25 heavy (non-hydrogen) atoms. The molecule has 1 aliphatic rings. The maximum absolute atomic E-state index is 12.0. The van der Waals surface area contributed by atoms with Crippen LogP contribution in [0.15, 0.2) is 42.0 Å². The molecule has 8 heteroatoms. The van der Waals surface area contributed by atoms with E-state index in [-0.39, 0.29) is 17.5 Å². The second-order valence-electron chi connectivity index (χ2n) is 5.75. The minimum absolute atomic E-state index is 0.0613. The van der Waals surface area contributed by atoms with Crippen LogP contribution in [0, 0.1) is 5.92 Å². The molecule has 1 amide bonds. The Labute approximate surface area is 144 Å². The number of nitrogens with one attached hydrogen (secondary N) is 2. The van der Waals surface area contributed by atoms with Crippen molar-refractivity contribution in [2.75, 3.05) is 32.1 Å². The maximum Gasteiger partial charge on any atom is 0.316 e. The second kappa shape index (κ2) is 7.16. The molecule has 0 saturated carbocycles. The highest BCUT2D eigenvalue weighted by molar-refractivity contribution is 5.87. The molecule has 0 radical (unpaired) electrons. The van der Waals surface area contributed by atoms with E-state index >= 15 is 0 Å². The van der Waals surface area contributed by atoms with E-state index in [0.29, 0.717) is 36.9 Å². The number of nitrogens with zero attached hydrogens (tertiary/aromatic N) is 3. The Hall–Kier alpha value is -3.16. The molecule has 1 fully saturated rings. The summed E-state index contributed by atoms with van der Waals surface area (Å²) in [4.78, 5) is 36.1. The number of anilines is 1. The van der Waals surface area contributed by atoms with Crippen LogP contribution >= 0.6 is 0 Å². The summed E-state index contributed by atoms with van der Waals surface area (Å²) in [6.45, 7) is 5.42. The van der Waals surface area contributed by atoms with Crippen molar-refractivity contribution in [3.8, 4) is 17.3 Å². The molecule has 3 rings (SSSR count). The van der Waals surface area contributed by atoms with Gasteiger partial charge in [-0.1, -0.05) is 6.58 Å². The van der Waals surface area contributed by atoms with Crippen LogP contribution in [0.1, 0.15) is 0 Å². The summed E-state index contributed by atoms with van der Waals surface area (Å²) in [5.74, 6) is 0.250. The lowest BCUT2D eigenvalue weighted by molar-refractivity contribution is -0.131. The van der Waals surface area contributed by atoms with Gasteiger partial charge in [0, 0.05) is 43.5 Å². The standard InChI is InChI=1S/C17H19N5O3/c1-3-15(23)22-9-11(10-22)7-19-14-6-12(8-20-16(14)24)13-4-5-18-17(21-13)25-2/h3-6,8,11,19H,1,7,9-10H2,2H3,(H,20,24). The molecule has 0 atom stereocenters. The molecule has 2 aromatic rings. The molecule has 8 nitrogen and oxygen atoms in total. The molecule has 0 bridgehead atoms. The van der Waals surface area contributed by atoms with E-state index in [2.05, 4.69) is 26.8 Å². The lowest BCUT2D eigenvalue weighted by Crippen LogP contribution is -2.51. The van der Waals surface area contributed by atoms with Crippen molar-refractivity contribution in [3.05, 3.63) is 47.5 Å². The number of H-pyrrole nitrogens is 1. The van der Waals surface area contributed by atoms with E-state index in [0.717, 1.165) is 5.56 Å². The van der Waals surface area contributed by atoms with Crippen LogP contribution in [-0.4, -0.2) is 52.5 Å². The first-order valence-corrected chi connectivity index (χ1v) is 7.86. The minimum Gasteiger partial charge on any atom is -0.467 e. The molecular weight excluding hydrogens is 322 g/mol. The van der Waals surface area contributed by atoms with Crippen LogP contribution in [0.2, 0.25) is 0 Å². The zero-order valence-electron chi connectivity index (χ0n) is 13.9. The third-order valence-electron chi connectivity index (χ3n) is 4.04. The first-order chi connectivity index (χ1) is 12.1. The first-order valence-electron chi connectivity index (χ1n) is 7.86. The van der Waals surface area contributed by atoms with Crippen LogP contribution in [0.25, 0.3) is 11.3 Å². The van der Waals surface area contributed by atoms with Gasteiger partial charge in [-0.2, -0.15) is 4.98 Å². The van der Waals surface area contributed by atoms with E-state index < -0.39 is 0 Å². The van der Waals surface area contributed by atoms with Crippen LogP contribution < -0.4 is 15.6 Å². The molecule has 1 saturated heterocycles. The van der Waals surface area contributed by atoms with Crippen molar-refractivity contribution < 1.29 is 9.53 Å². The third kappa shape index (κ3) is 3.68. The summed E-state index contributed by atoms with van der Waals surface area (Å²) in [5.41, 5.74) is 1.66. The smallest absolute Gasteiger partial charge is 0.316 e. The fourth-order valence-electron chi connectivity index (χ4n) is 2.63. The number of rotatable bonds is 6. The molecule has 0 aliphatic carbocycles. The van der Waals surface area contributed by atoms with Crippen LogP contribution in [0.3, 0.4) is 0 Å². The topological polar surface area (TPSA) is 100 Å². The van der Waals surface area contributed by atoms with Gasteiger partial charge in [-0.3, -0.25) is 9.59 Å². The molecule has 3 heterocycles. The van der Waals surface area contributed by atoms with Crippen molar-refractivity contribution in [3.63, 3.8) is 0 Å². The number of pyridine rings is 1. The largest absolute Gasteiger partial charge is 0.467 e. The monoisotopic (exact) mass is 341 g/mol. The van der Waals surface area contributed by atoms with Gasteiger partial charge in [0.15, 0.2) is 0 Å². The SMILES string of the molecule is C=CC(=O)N1CC(CNc2cc(-c3ccnc(OC)n3)c[nH]c2=O)C1. The van der Waals surface area contributed by atoms with Crippen molar-refractivity contribution in [2.24, 2.45) is 5.92 Å². The fraction of sp³-hybridized carbons (Fsp3) is 0.294. The Balaban J connectivity index is 1.67. The molecule has 0 unspecified atom stereocenters. The fourth-order valence-corrected chi connectivity index (χ4v) is 2.63. The number of aromatic nitrogens is 3. The van der Waals surface area contributed by atoms with Gasteiger partial charge in [-0.25, -0.2) is 4.98 Å². The number of carbonyl (C=O) groups is 1. The summed E-state index contributed by atoms with van der Waals surface area (Å²) in [6, 6.07) is 3.75. The minimum atomic E-state index is -0.205. The van der Waals surface area contributed by atoms with Crippen molar-refractivity contribution in [1.82, 2.24) is 19.9 Å². The Kier molecular flexibility index (Phi) is 4.78. The van der Waals surface area contributed by atoms with Gasteiger partial charge < -0.3 is 19.9 Å². The lowest BCUT2D eigenvalue weighted by atomic mass is 10.00. The molecule has 1 aliphatic heterocycles. The van der Waals surface area contributed by atoms with Crippen molar-refractivity contribution >= 4 is 11.6 Å². The molecule has 0 aromatic carbocycles. The normalized spacial score (nSPS) is 13.9. The zero-order valence-corrected chi connectivity index (χ0v) is 13.9. The predicted molar refractivity (Wildman–Crippen MR) is 93.4 cm³/mol. The molecule has 130 valence electrons. The molecular formula is C17H19N5O3. The Morgan fingerprint density at radius 2 is 2.36 bits per heavy atom. The number of amides is 1. The molecule has 2 N–H and O–H groups in total. The lowest BCUT2D eigenvalue weighted by Gasteiger charge is -2.38. The second-order valence-corrected chi connectivity index (χ2v) is 5.75. The van der Waals surface area contributed by atoms with Gasteiger partial charge in [0.1, 0.15) is 5.69 Å². The predicted octanol–water partition coefficient (Wildman–Crippen LogP) is 0.897. The van der Waals surface area contributed by atoms with E-state index in [1.165, 1.54) is 13.2 Å². The highest BCUT2D eigenvalue weighted by Crippen LogP contribution is 2.20. The zero-order chi connectivity index (χ0) is 17.8. The Morgan fingerprint density at radius 3 is 3.08 bits per heavy atom. The number of hydrogen-bond donors (Lipinski definition) is 2. The molecule has 2 aromatic heterocycles. The number of methoxy groups -OCH3 is 1. The summed E-state index contributed by atoms with van der Waals surface area (Å²) in [7, 11) is 1.50. The quantitative estimate of drug-likeness (QED) is 0.757. The average molecular weight is 341 g/mol. The van der Waals surface area contributed by atoms with Gasteiger partial charge in [0.2, 0.25) is 5.91 Å². The maximum atomic E-state index is 12.0. The van der Waals surface area contributed by atoms with Gasteiger partial charge in [-0.15, -0.1) is 0 Å². The molecule has 0 spiro atoms. The van der Waals surface area contributed by atoms with Crippen molar-refractivity contribution in [2.45, 2.75) is 0 Å². The van der Waals surface area contributed by atoms with Gasteiger partial charge in [-0.05, 0) is 18.2 Å². The van der Waals surface area contributed by atoms with Crippen LogP contribution in [0.4, 0.5) is 5.69 Å². The summed E-state index contributed by atoms with van der Waals surface area (Å²) >= 11 is 0. The number of ether oxygens (including phenoxy) is 1. The number of hydrogen-bond acceptors (Lipinski definition) is 6. The van der Waals surface area contributed by atoms with E-state index in [9.17, 15) is 9.59 Å². The van der Waals surface area contributed by atoms with E-state index in [1.54, 1.807) is 29.4 Å². The van der Waals surface area contributed by atoms with Gasteiger partial charge in [0.25, 0.3) is 5.56 Å².